The van der Waals surface area contributed by atoms with Crippen molar-refractivity contribution in [2.75, 3.05) is 24.4 Å². The number of anilines is 1. The van der Waals surface area contributed by atoms with Gasteiger partial charge in [0.25, 0.3) is 5.91 Å². The first-order valence-corrected chi connectivity index (χ1v) is 13.4. The standard InChI is InChI=1S/C28H39N3O4S/c1-18-12-9-10-15-21(18)29-25(32)24(23-19(2)13-11-14-20(23)3)31(7)26(33)22(16-17-36-8)30-27(34)35-28(4,5)6/h9-15,22,24H,16-17H2,1-8H3,(H,29,32)(H,30,34). The highest BCUT2D eigenvalue weighted by atomic mass is 32.2. The quantitative estimate of drug-likeness (QED) is 0.469. The summed E-state index contributed by atoms with van der Waals surface area (Å²) >= 11 is 1.58. The number of benzene rings is 2. The first kappa shape index (κ1) is 29.2. The molecule has 0 aliphatic heterocycles. The maximum Gasteiger partial charge on any atom is 0.408 e. The van der Waals surface area contributed by atoms with Crippen molar-refractivity contribution < 1.29 is 19.1 Å². The van der Waals surface area contributed by atoms with E-state index in [1.54, 1.807) is 39.6 Å². The molecule has 0 heterocycles. The Morgan fingerprint density at radius 1 is 0.972 bits per heavy atom. The third kappa shape index (κ3) is 8.01. The van der Waals surface area contributed by atoms with Crippen molar-refractivity contribution in [3.63, 3.8) is 0 Å². The zero-order valence-corrected chi connectivity index (χ0v) is 23.4. The number of hydrogen-bond donors (Lipinski definition) is 2. The van der Waals surface area contributed by atoms with Gasteiger partial charge in [-0.05, 0) is 88.3 Å². The molecule has 2 rings (SSSR count). The lowest BCUT2D eigenvalue weighted by Gasteiger charge is -2.33. The Hall–Kier alpha value is -3.00. The van der Waals surface area contributed by atoms with Gasteiger partial charge in [-0.3, -0.25) is 9.59 Å². The molecule has 0 bridgehead atoms. The molecule has 2 atom stereocenters. The number of nitrogens with one attached hydrogen (secondary N) is 2. The highest BCUT2D eigenvalue weighted by Gasteiger charge is 2.35. The minimum Gasteiger partial charge on any atom is -0.444 e. The van der Waals surface area contributed by atoms with E-state index in [0.29, 0.717) is 17.9 Å². The molecule has 0 spiro atoms. The van der Waals surface area contributed by atoms with Crippen molar-refractivity contribution >= 4 is 35.4 Å². The smallest absolute Gasteiger partial charge is 0.408 e. The van der Waals surface area contributed by atoms with Gasteiger partial charge in [0.2, 0.25) is 5.91 Å². The van der Waals surface area contributed by atoms with E-state index >= 15 is 0 Å². The highest BCUT2D eigenvalue weighted by Crippen LogP contribution is 2.29. The fourth-order valence-corrected chi connectivity index (χ4v) is 4.46. The van der Waals surface area contributed by atoms with E-state index in [1.807, 2.05) is 69.5 Å². The summed E-state index contributed by atoms with van der Waals surface area (Å²) in [6.07, 6.45) is 1.68. The van der Waals surface area contributed by atoms with Gasteiger partial charge in [-0.2, -0.15) is 11.8 Å². The minimum absolute atomic E-state index is 0.321. The molecule has 0 saturated carbocycles. The topological polar surface area (TPSA) is 87.7 Å². The van der Waals surface area contributed by atoms with Crippen molar-refractivity contribution in [3.8, 4) is 0 Å². The van der Waals surface area contributed by atoms with Crippen LogP contribution in [-0.4, -0.2) is 53.5 Å². The summed E-state index contributed by atoms with van der Waals surface area (Å²) in [6, 6.07) is 11.6. The lowest BCUT2D eigenvalue weighted by atomic mass is 9.93. The number of alkyl carbamates (subject to hydrolysis) is 1. The summed E-state index contributed by atoms with van der Waals surface area (Å²) in [7, 11) is 1.61. The van der Waals surface area contributed by atoms with E-state index in [2.05, 4.69) is 10.6 Å². The van der Waals surface area contributed by atoms with Crippen LogP contribution in [0, 0.1) is 20.8 Å². The number of thioether (sulfide) groups is 1. The lowest BCUT2D eigenvalue weighted by Crippen LogP contribution is -2.51. The molecule has 2 unspecified atom stereocenters. The van der Waals surface area contributed by atoms with Crippen LogP contribution in [-0.2, 0) is 14.3 Å². The van der Waals surface area contributed by atoms with Gasteiger partial charge in [0.05, 0.1) is 0 Å². The Kier molecular flexibility index (Phi) is 10.4. The Balaban J connectivity index is 2.44. The predicted octanol–water partition coefficient (Wildman–Crippen LogP) is 5.40. The maximum atomic E-state index is 13.8. The Morgan fingerprint density at radius 3 is 2.11 bits per heavy atom. The second-order valence-electron chi connectivity index (χ2n) is 9.94. The van der Waals surface area contributed by atoms with E-state index in [1.165, 1.54) is 4.90 Å². The molecule has 2 aromatic carbocycles. The molecule has 8 heteroatoms. The molecular formula is C28H39N3O4S. The molecule has 0 radical (unpaired) electrons. The van der Waals surface area contributed by atoms with Crippen molar-refractivity contribution in [2.24, 2.45) is 0 Å². The van der Waals surface area contributed by atoms with Gasteiger partial charge in [0.15, 0.2) is 0 Å². The van der Waals surface area contributed by atoms with E-state index in [-0.39, 0.29) is 11.8 Å². The van der Waals surface area contributed by atoms with Crippen LogP contribution in [0.3, 0.4) is 0 Å². The van der Waals surface area contributed by atoms with Gasteiger partial charge in [0, 0.05) is 12.7 Å². The fraction of sp³-hybridized carbons (Fsp3) is 0.464. The summed E-state index contributed by atoms with van der Waals surface area (Å²) < 4.78 is 5.39. The van der Waals surface area contributed by atoms with Crippen LogP contribution < -0.4 is 10.6 Å². The van der Waals surface area contributed by atoms with Crippen LogP contribution in [0.5, 0.6) is 0 Å². The van der Waals surface area contributed by atoms with Gasteiger partial charge >= 0.3 is 6.09 Å². The number of ether oxygens (including phenoxy) is 1. The molecule has 0 fully saturated rings. The van der Waals surface area contributed by atoms with Crippen LogP contribution in [0.2, 0.25) is 0 Å². The van der Waals surface area contributed by atoms with Crippen molar-refractivity contribution in [1.29, 1.82) is 0 Å². The van der Waals surface area contributed by atoms with Crippen LogP contribution in [0.4, 0.5) is 10.5 Å². The number of aryl methyl sites for hydroxylation is 3. The van der Waals surface area contributed by atoms with Crippen LogP contribution >= 0.6 is 11.8 Å². The van der Waals surface area contributed by atoms with Gasteiger partial charge in [-0.15, -0.1) is 0 Å². The summed E-state index contributed by atoms with van der Waals surface area (Å²) in [4.78, 5) is 41.5. The number of nitrogens with zero attached hydrogens (tertiary/aromatic N) is 1. The van der Waals surface area contributed by atoms with E-state index < -0.39 is 23.8 Å². The van der Waals surface area contributed by atoms with Gasteiger partial charge in [-0.25, -0.2) is 4.79 Å². The molecule has 36 heavy (non-hydrogen) atoms. The first-order valence-electron chi connectivity index (χ1n) is 12.0. The van der Waals surface area contributed by atoms with Crippen LogP contribution in [0.25, 0.3) is 0 Å². The zero-order valence-electron chi connectivity index (χ0n) is 22.6. The third-order valence-electron chi connectivity index (χ3n) is 5.80. The second kappa shape index (κ2) is 12.8. The Bertz CT molecular complexity index is 1060. The summed E-state index contributed by atoms with van der Waals surface area (Å²) in [5.41, 5.74) is 3.48. The molecule has 196 valence electrons. The van der Waals surface area contributed by atoms with Crippen molar-refractivity contribution in [3.05, 3.63) is 64.7 Å². The molecule has 3 amide bonds. The average molecular weight is 514 g/mol. The molecule has 0 aliphatic rings. The van der Waals surface area contributed by atoms with Crippen molar-refractivity contribution in [2.45, 2.75) is 65.6 Å². The molecule has 0 aromatic heterocycles. The number of carbonyl (C=O) groups excluding carboxylic acids is 3. The second-order valence-corrected chi connectivity index (χ2v) is 10.9. The molecule has 7 nitrogen and oxygen atoms in total. The minimum atomic E-state index is -0.893. The number of hydrogen-bond acceptors (Lipinski definition) is 5. The SMILES string of the molecule is CSCCC(NC(=O)OC(C)(C)C)C(=O)N(C)C(C(=O)Nc1ccccc1C)c1c(C)cccc1C. The lowest BCUT2D eigenvalue weighted by molar-refractivity contribution is -0.139. The Morgan fingerprint density at radius 2 is 1.56 bits per heavy atom. The van der Waals surface area contributed by atoms with Crippen LogP contribution in [0.15, 0.2) is 42.5 Å². The third-order valence-corrected chi connectivity index (χ3v) is 6.45. The van der Waals surface area contributed by atoms with Crippen LogP contribution in [0.1, 0.15) is 55.5 Å². The zero-order chi connectivity index (χ0) is 27.0. The molecule has 2 N–H and O–H groups in total. The monoisotopic (exact) mass is 513 g/mol. The number of likely N-dealkylation sites (N-methyl/N-ethyl adjacent to an activating group) is 1. The predicted molar refractivity (Wildman–Crippen MR) is 147 cm³/mol. The van der Waals surface area contributed by atoms with E-state index in [4.69, 9.17) is 4.74 Å². The maximum absolute atomic E-state index is 13.8. The summed E-state index contributed by atoms with van der Waals surface area (Å²) in [5.74, 6) is -0.0234. The van der Waals surface area contributed by atoms with Gasteiger partial charge in [0.1, 0.15) is 17.7 Å². The summed E-state index contributed by atoms with van der Waals surface area (Å²) in [6.45, 7) is 11.1. The number of rotatable bonds is 9. The number of amides is 3. The molecule has 2 aromatic rings. The highest BCUT2D eigenvalue weighted by molar-refractivity contribution is 7.98. The first-order chi connectivity index (χ1) is 16.9. The van der Waals surface area contributed by atoms with Gasteiger partial charge in [-0.1, -0.05) is 36.4 Å². The fourth-order valence-electron chi connectivity index (χ4n) is 3.99. The number of para-hydroxylation sites is 1. The van der Waals surface area contributed by atoms with E-state index in [9.17, 15) is 14.4 Å². The Labute approximate surface area is 219 Å². The average Bonchev–Trinajstić information content (AvgIpc) is 2.78. The normalized spacial score (nSPS) is 12.9. The van der Waals surface area contributed by atoms with Gasteiger partial charge < -0.3 is 20.3 Å². The van der Waals surface area contributed by atoms with Crippen molar-refractivity contribution in [1.82, 2.24) is 10.2 Å². The van der Waals surface area contributed by atoms with E-state index in [0.717, 1.165) is 22.3 Å². The molecule has 0 aliphatic carbocycles. The largest absolute Gasteiger partial charge is 0.444 e. The molecule has 0 saturated heterocycles. The summed E-state index contributed by atoms with van der Waals surface area (Å²) in [5, 5.41) is 5.73. The molecular weight excluding hydrogens is 474 g/mol. The number of carbonyl (C=O) groups is 3.